The molecule has 0 spiro atoms. The van der Waals surface area contributed by atoms with Gasteiger partial charge in [0.1, 0.15) is 5.58 Å². The molecule has 2 aromatic rings. The van der Waals surface area contributed by atoms with Gasteiger partial charge in [-0.1, -0.05) is 12.1 Å². The van der Waals surface area contributed by atoms with Gasteiger partial charge < -0.3 is 9.73 Å². The van der Waals surface area contributed by atoms with Gasteiger partial charge in [0.2, 0.25) is 0 Å². The van der Waals surface area contributed by atoms with Crippen LogP contribution in [0.15, 0.2) is 27.4 Å². The lowest BCUT2D eigenvalue weighted by Gasteiger charge is -2.08. The Morgan fingerprint density at radius 2 is 2.12 bits per heavy atom. The van der Waals surface area contributed by atoms with Gasteiger partial charge in [0.05, 0.1) is 5.39 Å². The van der Waals surface area contributed by atoms with Crippen molar-refractivity contribution in [2.24, 2.45) is 0 Å². The summed E-state index contributed by atoms with van der Waals surface area (Å²) >= 11 is 0. The summed E-state index contributed by atoms with van der Waals surface area (Å²) in [5, 5.41) is 3.53. The Kier molecular flexibility index (Phi) is 2.64. The number of rotatable bonds is 2. The molecule has 0 saturated carbocycles. The van der Waals surface area contributed by atoms with Gasteiger partial charge in [0.25, 0.3) is 11.6 Å². The molecule has 4 nitrogen and oxygen atoms in total. The van der Waals surface area contributed by atoms with Crippen molar-refractivity contribution in [1.82, 2.24) is 4.98 Å². The number of benzene rings is 1. The molecule has 4 heteroatoms. The van der Waals surface area contributed by atoms with Gasteiger partial charge in [-0.25, -0.2) is 0 Å². The topological polar surface area (TPSA) is 55.1 Å². The molecule has 0 aliphatic carbocycles. The number of fused-ring (bicyclic) bond motifs is 1. The number of aromatic nitrogens is 1. The van der Waals surface area contributed by atoms with Crippen molar-refractivity contribution in [3.05, 3.63) is 34.1 Å². The third kappa shape index (κ3) is 1.91. The highest BCUT2D eigenvalue weighted by molar-refractivity contribution is 5.79. The third-order valence-corrected chi connectivity index (χ3v) is 2.27. The second-order valence-corrected chi connectivity index (χ2v) is 4.07. The highest BCUT2D eigenvalue weighted by Crippen LogP contribution is 2.16. The molecule has 0 unspecified atom stereocenters. The molecule has 0 radical (unpaired) electrons. The Morgan fingerprint density at radius 1 is 1.38 bits per heavy atom. The molecule has 0 aliphatic heterocycles. The van der Waals surface area contributed by atoms with Gasteiger partial charge in [-0.05, 0) is 32.4 Å². The average molecular weight is 218 g/mol. The van der Waals surface area contributed by atoms with E-state index < -0.39 is 0 Å². The normalized spacial score (nSPS) is 11.0. The highest BCUT2D eigenvalue weighted by Gasteiger charge is 2.08. The van der Waals surface area contributed by atoms with E-state index in [4.69, 9.17) is 4.42 Å². The first-order valence-corrected chi connectivity index (χ1v) is 5.25. The summed E-state index contributed by atoms with van der Waals surface area (Å²) in [6.07, 6.45) is 0. The van der Waals surface area contributed by atoms with Crippen LogP contribution in [0.2, 0.25) is 0 Å². The largest absolute Gasteiger partial charge is 0.425 e. The highest BCUT2D eigenvalue weighted by atomic mass is 16.4. The molecule has 0 atom stereocenters. The zero-order chi connectivity index (χ0) is 11.7. The standard InChI is InChI=1S/C12H14N2O2/c1-7(2)13-12-14-11(15)10-8(3)5-4-6-9(10)16-12/h4-7H,1-3H3,(H,13,14,15). The first-order valence-electron chi connectivity index (χ1n) is 5.25. The summed E-state index contributed by atoms with van der Waals surface area (Å²) in [5.41, 5.74) is 1.21. The minimum Gasteiger partial charge on any atom is -0.425 e. The van der Waals surface area contributed by atoms with Crippen LogP contribution in [0.4, 0.5) is 6.01 Å². The van der Waals surface area contributed by atoms with Crippen LogP contribution in [0, 0.1) is 6.92 Å². The molecule has 1 aromatic heterocycles. The molecule has 0 amide bonds. The van der Waals surface area contributed by atoms with E-state index in [-0.39, 0.29) is 17.6 Å². The Labute approximate surface area is 93.3 Å². The molecule has 1 aromatic carbocycles. The number of hydrogen-bond donors (Lipinski definition) is 1. The lowest BCUT2D eigenvalue weighted by molar-refractivity contribution is 0.582. The van der Waals surface area contributed by atoms with Crippen LogP contribution in [0.5, 0.6) is 0 Å². The molecule has 1 heterocycles. The molecule has 0 fully saturated rings. The zero-order valence-electron chi connectivity index (χ0n) is 9.57. The Morgan fingerprint density at radius 3 is 2.81 bits per heavy atom. The Bertz CT molecular complexity index is 573. The quantitative estimate of drug-likeness (QED) is 0.840. The van der Waals surface area contributed by atoms with Crippen molar-refractivity contribution in [1.29, 1.82) is 0 Å². The van der Waals surface area contributed by atoms with E-state index in [1.165, 1.54) is 0 Å². The smallest absolute Gasteiger partial charge is 0.298 e. The number of nitrogens with zero attached hydrogens (tertiary/aromatic N) is 1. The lowest BCUT2D eigenvalue weighted by atomic mass is 10.1. The predicted octanol–water partition coefficient (Wildman–Crippen LogP) is 2.32. The van der Waals surface area contributed by atoms with Gasteiger partial charge in [-0.2, -0.15) is 4.98 Å². The monoisotopic (exact) mass is 218 g/mol. The summed E-state index contributed by atoms with van der Waals surface area (Å²) in [7, 11) is 0. The van der Waals surface area contributed by atoms with E-state index in [9.17, 15) is 4.79 Å². The SMILES string of the molecule is Cc1cccc2oc(NC(C)C)nc(=O)c12. The van der Waals surface area contributed by atoms with E-state index in [2.05, 4.69) is 10.3 Å². The van der Waals surface area contributed by atoms with Crippen molar-refractivity contribution in [2.75, 3.05) is 5.32 Å². The van der Waals surface area contributed by atoms with Gasteiger partial charge in [0, 0.05) is 6.04 Å². The van der Waals surface area contributed by atoms with Crippen molar-refractivity contribution < 1.29 is 4.42 Å². The molecule has 2 rings (SSSR count). The molecule has 0 aliphatic rings. The van der Waals surface area contributed by atoms with Crippen LogP contribution in [0.25, 0.3) is 11.0 Å². The fourth-order valence-corrected chi connectivity index (χ4v) is 1.58. The Balaban J connectivity index is 2.64. The maximum Gasteiger partial charge on any atom is 0.298 e. The average Bonchev–Trinajstić information content (AvgIpc) is 2.15. The fraction of sp³-hybridized carbons (Fsp3) is 0.333. The lowest BCUT2D eigenvalue weighted by Crippen LogP contribution is -2.16. The summed E-state index contributed by atoms with van der Waals surface area (Å²) in [5.74, 6) is 0. The maximum absolute atomic E-state index is 11.8. The number of aryl methyl sites for hydroxylation is 1. The Hall–Kier alpha value is -1.84. The van der Waals surface area contributed by atoms with Crippen LogP contribution in [0.1, 0.15) is 19.4 Å². The number of nitrogens with one attached hydrogen (secondary N) is 1. The van der Waals surface area contributed by atoms with E-state index in [1.807, 2.05) is 32.9 Å². The van der Waals surface area contributed by atoms with Crippen LogP contribution in [-0.2, 0) is 0 Å². The van der Waals surface area contributed by atoms with Crippen molar-refractivity contribution in [3.63, 3.8) is 0 Å². The summed E-state index contributed by atoms with van der Waals surface area (Å²) in [4.78, 5) is 15.7. The molecule has 0 saturated heterocycles. The first kappa shape index (κ1) is 10.7. The van der Waals surface area contributed by atoms with Crippen LogP contribution < -0.4 is 10.9 Å². The van der Waals surface area contributed by atoms with E-state index in [0.717, 1.165) is 5.56 Å². The molecule has 1 N–H and O–H groups in total. The van der Waals surface area contributed by atoms with Crippen molar-refractivity contribution >= 4 is 17.0 Å². The van der Waals surface area contributed by atoms with Crippen LogP contribution >= 0.6 is 0 Å². The second kappa shape index (κ2) is 3.96. The molecule has 84 valence electrons. The predicted molar refractivity (Wildman–Crippen MR) is 63.8 cm³/mol. The summed E-state index contributed by atoms with van der Waals surface area (Å²) < 4.78 is 5.51. The zero-order valence-corrected chi connectivity index (χ0v) is 9.57. The minimum atomic E-state index is -0.248. The molecule has 0 bridgehead atoms. The molecule has 16 heavy (non-hydrogen) atoms. The second-order valence-electron chi connectivity index (χ2n) is 4.07. The third-order valence-electron chi connectivity index (χ3n) is 2.27. The number of hydrogen-bond acceptors (Lipinski definition) is 4. The van der Waals surface area contributed by atoms with Gasteiger partial charge in [-0.3, -0.25) is 4.79 Å². The van der Waals surface area contributed by atoms with Crippen molar-refractivity contribution in [2.45, 2.75) is 26.8 Å². The van der Waals surface area contributed by atoms with Crippen LogP contribution in [-0.4, -0.2) is 11.0 Å². The fourth-order valence-electron chi connectivity index (χ4n) is 1.58. The first-order chi connectivity index (χ1) is 7.58. The minimum absolute atomic E-state index is 0.179. The van der Waals surface area contributed by atoms with Gasteiger partial charge in [-0.15, -0.1) is 0 Å². The van der Waals surface area contributed by atoms with Gasteiger partial charge in [0.15, 0.2) is 0 Å². The molecular formula is C12H14N2O2. The van der Waals surface area contributed by atoms with Crippen LogP contribution in [0.3, 0.4) is 0 Å². The van der Waals surface area contributed by atoms with Gasteiger partial charge >= 0.3 is 0 Å². The maximum atomic E-state index is 11.8. The summed E-state index contributed by atoms with van der Waals surface area (Å²) in [6, 6.07) is 5.96. The summed E-state index contributed by atoms with van der Waals surface area (Å²) in [6.45, 7) is 5.79. The van der Waals surface area contributed by atoms with E-state index in [1.54, 1.807) is 6.07 Å². The number of anilines is 1. The van der Waals surface area contributed by atoms with Crippen molar-refractivity contribution in [3.8, 4) is 0 Å². The van der Waals surface area contributed by atoms with E-state index >= 15 is 0 Å². The van der Waals surface area contributed by atoms with E-state index in [0.29, 0.717) is 11.0 Å². The molecular weight excluding hydrogens is 204 g/mol.